The molecule has 8 nitrogen and oxygen atoms in total. The number of aromatic hydroxyl groups is 1. The summed E-state index contributed by atoms with van der Waals surface area (Å²) in [6, 6.07) is 12.6. The van der Waals surface area contributed by atoms with Crippen LogP contribution in [0.1, 0.15) is 20.7 Å². The van der Waals surface area contributed by atoms with Crippen molar-refractivity contribution in [1.82, 2.24) is 14.9 Å². The minimum atomic E-state index is -0.435. The molecule has 8 heteroatoms. The number of hydrogen-bond acceptors (Lipinski definition) is 5. The maximum absolute atomic E-state index is 12.1. The van der Waals surface area contributed by atoms with Gasteiger partial charge < -0.3 is 10.4 Å². The lowest BCUT2D eigenvalue weighted by atomic mass is 10.1. The Labute approximate surface area is 136 Å². The summed E-state index contributed by atoms with van der Waals surface area (Å²) >= 11 is 0. The van der Waals surface area contributed by atoms with E-state index in [0.29, 0.717) is 11.3 Å². The van der Waals surface area contributed by atoms with E-state index in [9.17, 15) is 14.7 Å². The molecule has 0 aliphatic heterocycles. The van der Waals surface area contributed by atoms with Crippen LogP contribution in [0.5, 0.6) is 5.75 Å². The highest BCUT2D eigenvalue weighted by Crippen LogP contribution is 2.18. The molecule has 2 amide bonds. The van der Waals surface area contributed by atoms with Gasteiger partial charge in [0.15, 0.2) is 0 Å². The third-order valence-electron chi connectivity index (χ3n) is 3.20. The maximum atomic E-state index is 12.1. The molecule has 0 bridgehead atoms. The van der Waals surface area contributed by atoms with E-state index in [1.165, 1.54) is 29.5 Å². The Kier molecular flexibility index (Phi) is 4.19. The molecule has 0 aliphatic rings. The standard InChI is InChI=1S/C16H13N5O3/c22-14-4-2-1-3-13(14)16(24)19-12-7-5-11(6-8-12)15(23)20-21-9-17-18-10-21/h1-10,22H,(H,19,24)(H,20,23). The Balaban J connectivity index is 1.67. The zero-order valence-electron chi connectivity index (χ0n) is 12.4. The molecule has 0 radical (unpaired) electrons. The molecule has 3 aromatic rings. The van der Waals surface area contributed by atoms with Crippen LogP contribution in [0, 0.1) is 0 Å². The number of hydrogen-bond donors (Lipinski definition) is 3. The van der Waals surface area contributed by atoms with Gasteiger partial charge in [0, 0.05) is 11.3 Å². The summed E-state index contributed by atoms with van der Waals surface area (Å²) in [6.45, 7) is 0. The Morgan fingerprint density at radius 3 is 2.25 bits per heavy atom. The number of nitrogens with zero attached hydrogens (tertiary/aromatic N) is 3. The van der Waals surface area contributed by atoms with Gasteiger partial charge in [-0.2, -0.15) is 0 Å². The van der Waals surface area contributed by atoms with Crippen LogP contribution in [-0.4, -0.2) is 31.8 Å². The van der Waals surface area contributed by atoms with Crippen molar-refractivity contribution in [3.05, 3.63) is 72.3 Å². The number of nitrogens with one attached hydrogen (secondary N) is 2. The quantitative estimate of drug-likeness (QED) is 0.676. The lowest BCUT2D eigenvalue weighted by Gasteiger charge is -2.08. The van der Waals surface area contributed by atoms with Crippen molar-refractivity contribution in [1.29, 1.82) is 0 Å². The van der Waals surface area contributed by atoms with Gasteiger partial charge in [-0.1, -0.05) is 12.1 Å². The zero-order chi connectivity index (χ0) is 16.9. The Morgan fingerprint density at radius 1 is 0.917 bits per heavy atom. The van der Waals surface area contributed by atoms with E-state index in [2.05, 4.69) is 20.9 Å². The third-order valence-corrected chi connectivity index (χ3v) is 3.20. The van der Waals surface area contributed by atoms with Crippen molar-refractivity contribution >= 4 is 17.5 Å². The number of benzene rings is 2. The first-order chi connectivity index (χ1) is 11.6. The second-order valence-corrected chi connectivity index (χ2v) is 4.86. The summed E-state index contributed by atoms with van der Waals surface area (Å²) in [5, 5.41) is 19.5. The first-order valence-electron chi connectivity index (χ1n) is 6.99. The van der Waals surface area contributed by atoms with Crippen LogP contribution in [0.3, 0.4) is 0 Å². The van der Waals surface area contributed by atoms with Gasteiger partial charge in [-0.05, 0) is 36.4 Å². The van der Waals surface area contributed by atoms with E-state index in [1.807, 2.05) is 0 Å². The summed E-state index contributed by atoms with van der Waals surface area (Å²) in [7, 11) is 0. The number of anilines is 1. The Morgan fingerprint density at radius 2 is 1.58 bits per heavy atom. The SMILES string of the molecule is O=C(Nn1cnnc1)c1ccc(NC(=O)c2ccccc2O)cc1. The van der Waals surface area contributed by atoms with Gasteiger partial charge in [0.05, 0.1) is 5.56 Å². The molecule has 0 fully saturated rings. The number of phenols is 1. The molecular formula is C16H13N5O3. The molecule has 0 saturated carbocycles. The van der Waals surface area contributed by atoms with Crippen molar-refractivity contribution in [2.24, 2.45) is 0 Å². The molecule has 2 aromatic carbocycles. The lowest BCUT2D eigenvalue weighted by molar-refractivity contribution is 0.100. The molecule has 24 heavy (non-hydrogen) atoms. The highest BCUT2D eigenvalue weighted by molar-refractivity contribution is 6.06. The van der Waals surface area contributed by atoms with E-state index >= 15 is 0 Å². The van der Waals surface area contributed by atoms with Gasteiger partial charge in [0.2, 0.25) is 0 Å². The zero-order valence-corrected chi connectivity index (χ0v) is 12.4. The number of amides is 2. The van der Waals surface area contributed by atoms with Crippen molar-refractivity contribution in [2.45, 2.75) is 0 Å². The van der Waals surface area contributed by atoms with Crippen LogP contribution >= 0.6 is 0 Å². The molecule has 0 aliphatic carbocycles. The van der Waals surface area contributed by atoms with Crippen molar-refractivity contribution in [3.8, 4) is 5.75 Å². The highest BCUT2D eigenvalue weighted by Gasteiger charge is 2.11. The lowest BCUT2D eigenvalue weighted by Crippen LogP contribution is -2.21. The summed E-state index contributed by atoms with van der Waals surface area (Å²) in [6.07, 6.45) is 2.72. The van der Waals surface area contributed by atoms with Crippen LogP contribution in [0.2, 0.25) is 0 Å². The van der Waals surface area contributed by atoms with E-state index in [-0.39, 0.29) is 17.2 Å². The largest absolute Gasteiger partial charge is 0.507 e. The minimum absolute atomic E-state index is 0.0973. The summed E-state index contributed by atoms with van der Waals surface area (Å²) in [5.74, 6) is -0.872. The van der Waals surface area contributed by atoms with Crippen LogP contribution < -0.4 is 10.7 Å². The number of para-hydroxylation sites is 1. The van der Waals surface area contributed by atoms with E-state index in [1.54, 1.807) is 36.4 Å². The molecule has 1 aromatic heterocycles. The van der Waals surface area contributed by atoms with Gasteiger partial charge in [0.25, 0.3) is 11.8 Å². The molecule has 0 atom stereocenters. The summed E-state index contributed by atoms with van der Waals surface area (Å²) in [4.78, 5) is 24.1. The number of carbonyl (C=O) groups is 2. The second kappa shape index (κ2) is 6.61. The van der Waals surface area contributed by atoms with Gasteiger partial charge in [0.1, 0.15) is 18.4 Å². The van der Waals surface area contributed by atoms with Gasteiger partial charge in [-0.3, -0.25) is 15.0 Å². The number of carbonyl (C=O) groups excluding carboxylic acids is 2. The normalized spacial score (nSPS) is 10.2. The molecule has 1 heterocycles. The summed E-state index contributed by atoms with van der Waals surface area (Å²) < 4.78 is 1.33. The second-order valence-electron chi connectivity index (χ2n) is 4.86. The van der Waals surface area contributed by atoms with Crippen molar-refractivity contribution in [3.63, 3.8) is 0 Å². The molecular weight excluding hydrogens is 310 g/mol. The fraction of sp³-hybridized carbons (Fsp3) is 0. The molecule has 3 N–H and O–H groups in total. The molecule has 0 unspecified atom stereocenters. The topological polar surface area (TPSA) is 109 Å². The minimum Gasteiger partial charge on any atom is -0.507 e. The number of aromatic nitrogens is 3. The van der Waals surface area contributed by atoms with Crippen LogP contribution in [0.25, 0.3) is 0 Å². The Hall–Kier alpha value is -3.68. The van der Waals surface area contributed by atoms with Crippen LogP contribution in [0.15, 0.2) is 61.2 Å². The predicted octanol–water partition coefficient (Wildman–Crippen LogP) is 1.62. The molecule has 120 valence electrons. The highest BCUT2D eigenvalue weighted by atomic mass is 16.3. The van der Waals surface area contributed by atoms with Gasteiger partial charge in [-0.15, -0.1) is 10.2 Å². The monoisotopic (exact) mass is 323 g/mol. The van der Waals surface area contributed by atoms with Crippen molar-refractivity contribution in [2.75, 3.05) is 10.7 Å². The van der Waals surface area contributed by atoms with E-state index in [0.717, 1.165) is 0 Å². The first-order valence-corrected chi connectivity index (χ1v) is 6.99. The van der Waals surface area contributed by atoms with Crippen LogP contribution in [-0.2, 0) is 0 Å². The number of rotatable bonds is 4. The summed E-state index contributed by atoms with van der Waals surface area (Å²) in [5.41, 5.74) is 3.65. The van der Waals surface area contributed by atoms with Gasteiger partial charge in [-0.25, -0.2) is 4.68 Å². The Bertz CT molecular complexity index is 860. The smallest absolute Gasteiger partial charge is 0.270 e. The van der Waals surface area contributed by atoms with Crippen LogP contribution in [0.4, 0.5) is 5.69 Å². The third kappa shape index (κ3) is 3.38. The van der Waals surface area contributed by atoms with E-state index < -0.39 is 5.91 Å². The molecule has 0 saturated heterocycles. The molecule has 3 rings (SSSR count). The average Bonchev–Trinajstić information content (AvgIpc) is 3.08. The fourth-order valence-corrected chi connectivity index (χ4v) is 2.01. The predicted molar refractivity (Wildman–Crippen MR) is 86.2 cm³/mol. The first kappa shape index (κ1) is 15.2. The average molecular weight is 323 g/mol. The maximum Gasteiger partial charge on any atom is 0.270 e. The number of phenolic OH excluding ortho intramolecular Hbond substituents is 1. The molecule has 0 spiro atoms. The van der Waals surface area contributed by atoms with E-state index in [4.69, 9.17) is 0 Å². The fourth-order valence-electron chi connectivity index (χ4n) is 2.01. The van der Waals surface area contributed by atoms with Gasteiger partial charge >= 0.3 is 0 Å². The van der Waals surface area contributed by atoms with Crippen molar-refractivity contribution < 1.29 is 14.7 Å².